The van der Waals surface area contributed by atoms with Crippen molar-refractivity contribution in [2.75, 3.05) is 0 Å². The van der Waals surface area contributed by atoms with Crippen molar-refractivity contribution < 1.29 is 1.43 Å². The highest BCUT2D eigenvalue weighted by atomic mass is 15.5. The van der Waals surface area contributed by atoms with Crippen LogP contribution in [0.3, 0.4) is 0 Å². The van der Waals surface area contributed by atoms with Gasteiger partial charge in [0.1, 0.15) is 0 Å². The van der Waals surface area contributed by atoms with E-state index >= 15 is 0 Å². The molecule has 3 heteroatoms. The Labute approximate surface area is 44.3 Å². The fourth-order valence-corrected chi connectivity index (χ4v) is 0.423. The summed E-state index contributed by atoms with van der Waals surface area (Å²) in [6.45, 7) is 4.10. The van der Waals surface area contributed by atoms with Crippen molar-refractivity contribution in [1.29, 1.82) is 0 Å². The number of hydrogen-bond acceptors (Lipinski definition) is 3. The Balaban J connectivity index is 0.000000490. The number of hydrogen-bond donors (Lipinski definition) is 1. The molecule has 0 aliphatic carbocycles. The van der Waals surface area contributed by atoms with E-state index in [4.69, 9.17) is 0 Å². The lowest BCUT2D eigenvalue weighted by molar-refractivity contribution is 0.578. The van der Waals surface area contributed by atoms with Gasteiger partial charge in [-0.05, 0) is 13.8 Å². The van der Waals surface area contributed by atoms with Gasteiger partial charge >= 0.3 is 0 Å². The van der Waals surface area contributed by atoms with Crippen molar-refractivity contribution >= 4 is 0 Å². The summed E-state index contributed by atoms with van der Waals surface area (Å²) < 4.78 is 0. The van der Waals surface area contributed by atoms with Crippen LogP contribution >= 0.6 is 0 Å². The first kappa shape index (κ1) is 4.56. The normalized spacial score (nSPS) is 38.6. The van der Waals surface area contributed by atoms with Gasteiger partial charge in [0.25, 0.3) is 0 Å². The van der Waals surface area contributed by atoms with Gasteiger partial charge in [-0.25, -0.2) is 0 Å². The lowest BCUT2D eigenvalue weighted by Crippen LogP contribution is -2.23. The van der Waals surface area contributed by atoms with Gasteiger partial charge in [0, 0.05) is 1.43 Å². The number of nitrogens with one attached hydrogen (secondary N) is 1. The molecular formula is C4H11N3. The van der Waals surface area contributed by atoms with Crippen LogP contribution in [0.25, 0.3) is 0 Å². The third-order valence-corrected chi connectivity index (χ3v) is 1.22. The molecule has 1 heterocycles. The summed E-state index contributed by atoms with van der Waals surface area (Å²) >= 11 is 0. The number of rotatable bonds is 0. The van der Waals surface area contributed by atoms with Gasteiger partial charge in [0.2, 0.25) is 0 Å². The van der Waals surface area contributed by atoms with E-state index in [-0.39, 0.29) is 1.43 Å². The third kappa shape index (κ3) is 0.706. The molecule has 2 unspecified atom stereocenters. The summed E-state index contributed by atoms with van der Waals surface area (Å²) in [6.07, 6.45) is 0. The molecule has 0 radical (unpaired) electrons. The summed E-state index contributed by atoms with van der Waals surface area (Å²) in [6, 6.07) is 0.792. The molecule has 7 heavy (non-hydrogen) atoms. The van der Waals surface area contributed by atoms with Crippen LogP contribution in [0.15, 0.2) is 10.3 Å². The fourth-order valence-electron chi connectivity index (χ4n) is 0.423. The minimum Gasteiger partial charge on any atom is -0.287 e. The van der Waals surface area contributed by atoms with Crippen LogP contribution in [-0.2, 0) is 0 Å². The molecule has 0 saturated carbocycles. The number of nitrogens with zero attached hydrogens (tertiary/aromatic N) is 2. The Morgan fingerprint density at radius 2 is 2.29 bits per heavy atom. The fraction of sp³-hybridized carbons (Fsp3) is 1.00. The molecule has 3 nitrogen and oxygen atoms in total. The van der Waals surface area contributed by atoms with E-state index < -0.39 is 0 Å². The lowest BCUT2D eigenvalue weighted by atomic mass is 10.2. The molecule has 42 valence electrons. The summed E-state index contributed by atoms with van der Waals surface area (Å²) in [7, 11) is 0. The van der Waals surface area contributed by atoms with Gasteiger partial charge in [-0.15, -0.1) is 0 Å². The monoisotopic (exact) mass is 101 g/mol. The minimum atomic E-state index is 0. The molecule has 2 atom stereocenters. The zero-order chi connectivity index (χ0) is 5.28. The van der Waals surface area contributed by atoms with Crippen LogP contribution in [0, 0.1) is 0 Å². The Morgan fingerprint density at radius 1 is 1.57 bits per heavy atom. The topological polar surface area (TPSA) is 36.8 Å². The third-order valence-electron chi connectivity index (χ3n) is 1.22. The van der Waals surface area contributed by atoms with Gasteiger partial charge in [0.15, 0.2) is 0 Å². The summed E-state index contributed by atoms with van der Waals surface area (Å²) in [5.41, 5.74) is 2.83. The molecule has 0 aromatic heterocycles. The second-order valence-corrected chi connectivity index (χ2v) is 1.87. The van der Waals surface area contributed by atoms with Crippen LogP contribution in [0.4, 0.5) is 0 Å². The van der Waals surface area contributed by atoms with Gasteiger partial charge in [-0.3, -0.25) is 5.43 Å². The lowest BCUT2D eigenvalue weighted by Gasteiger charge is -2.01. The Bertz CT molecular complexity index is 93.3. The molecule has 1 aliphatic rings. The summed E-state index contributed by atoms with van der Waals surface area (Å²) in [5.74, 6) is 0. The maximum Gasteiger partial charge on any atom is 0.0916 e. The predicted molar refractivity (Wildman–Crippen MR) is 29.0 cm³/mol. The van der Waals surface area contributed by atoms with Crippen LogP contribution in [0.2, 0.25) is 0 Å². The quantitative estimate of drug-likeness (QED) is 0.485. The molecule has 0 spiro atoms. The second kappa shape index (κ2) is 1.48. The molecule has 0 aromatic carbocycles. The van der Waals surface area contributed by atoms with Gasteiger partial charge < -0.3 is 0 Å². The van der Waals surface area contributed by atoms with Crippen LogP contribution in [0.1, 0.15) is 15.3 Å². The molecule has 0 aromatic rings. The SMILES string of the molecule is CC1N=NNC1C.[HH]. The van der Waals surface area contributed by atoms with E-state index in [0.29, 0.717) is 12.1 Å². The van der Waals surface area contributed by atoms with Crippen molar-refractivity contribution in [3.8, 4) is 0 Å². The standard InChI is InChI=1S/C4H9N3.H2/c1-3-4(2)6-7-5-3;/h3-4H,1-2H3,(H,5,6);1H. The smallest absolute Gasteiger partial charge is 0.0916 e. The minimum absolute atomic E-state index is 0. The summed E-state index contributed by atoms with van der Waals surface area (Å²) in [5, 5.41) is 7.45. The summed E-state index contributed by atoms with van der Waals surface area (Å²) in [4.78, 5) is 0. The van der Waals surface area contributed by atoms with Crippen molar-refractivity contribution in [2.24, 2.45) is 10.3 Å². The maximum atomic E-state index is 3.83. The van der Waals surface area contributed by atoms with Crippen LogP contribution in [0.5, 0.6) is 0 Å². The van der Waals surface area contributed by atoms with Crippen LogP contribution in [-0.4, -0.2) is 12.1 Å². The van der Waals surface area contributed by atoms with E-state index in [2.05, 4.69) is 22.7 Å². The van der Waals surface area contributed by atoms with E-state index in [1.54, 1.807) is 0 Å². The van der Waals surface area contributed by atoms with Crippen molar-refractivity contribution in [3.63, 3.8) is 0 Å². The Morgan fingerprint density at radius 3 is 2.43 bits per heavy atom. The van der Waals surface area contributed by atoms with Gasteiger partial charge in [0.05, 0.1) is 12.1 Å². The molecule has 0 saturated heterocycles. The van der Waals surface area contributed by atoms with Crippen LogP contribution < -0.4 is 5.43 Å². The van der Waals surface area contributed by atoms with Crippen molar-refractivity contribution in [2.45, 2.75) is 25.9 Å². The van der Waals surface area contributed by atoms with E-state index in [0.717, 1.165) is 0 Å². The average Bonchev–Trinajstić information content (AvgIpc) is 1.91. The first-order valence-electron chi connectivity index (χ1n) is 2.46. The molecular weight excluding hydrogens is 90.1 g/mol. The zero-order valence-electron chi connectivity index (χ0n) is 4.55. The van der Waals surface area contributed by atoms with Gasteiger partial charge in [-0.1, -0.05) is 5.22 Å². The highest BCUT2D eigenvalue weighted by Crippen LogP contribution is 2.02. The first-order valence-corrected chi connectivity index (χ1v) is 2.46. The molecule has 0 fully saturated rings. The predicted octanol–water partition coefficient (Wildman–Crippen LogP) is 0.980. The molecule has 0 amide bonds. The molecule has 1 N–H and O–H groups in total. The maximum absolute atomic E-state index is 3.83. The highest BCUT2D eigenvalue weighted by Gasteiger charge is 2.13. The highest BCUT2D eigenvalue weighted by molar-refractivity contribution is 4.74. The zero-order valence-corrected chi connectivity index (χ0v) is 4.55. The Kier molecular flexibility index (Phi) is 0.964. The van der Waals surface area contributed by atoms with Crippen molar-refractivity contribution in [3.05, 3.63) is 0 Å². The first-order chi connectivity index (χ1) is 3.30. The van der Waals surface area contributed by atoms with Crippen molar-refractivity contribution in [1.82, 2.24) is 5.43 Å². The average molecular weight is 101 g/mol. The Hall–Kier alpha value is -0.600. The largest absolute Gasteiger partial charge is 0.287 e. The second-order valence-electron chi connectivity index (χ2n) is 1.87. The molecule has 1 aliphatic heterocycles. The van der Waals surface area contributed by atoms with E-state index in [1.807, 2.05) is 6.92 Å². The molecule has 1 rings (SSSR count). The van der Waals surface area contributed by atoms with E-state index in [9.17, 15) is 0 Å². The van der Waals surface area contributed by atoms with E-state index in [1.165, 1.54) is 0 Å². The van der Waals surface area contributed by atoms with Gasteiger partial charge in [-0.2, -0.15) is 5.11 Å². The molecule has 0 bridgehead atoms.